The van der Waals surface area contributed by atoms with Crippen molar-refractivity contribution >= 4 is 21.7 Å². The van der Waals surface area contributed by atoms with Crippen molar-refractivity contribution in [1.82, 2.24) is 14.5 Å². The zero-order valence-electron chi connectivity index (χ0n) is 16.7. The molecule has 3 N–H and O–H groups in total. The van der Waals surface area contributed by atoms with Crippen molar-refractivity contribution in [3.8, 4) is 0 Å². The Labute approximate surface area is 180 Å². The molecule has 0 bridgehead atoms. The van der Waals surface area contributed by atoms with Crippen LogP contribution in [0.25, 0.3) is 5.57 Å². The van der Waals surface area contributed by atoms with E-state index < -0.39 is 22.2 Å². The summed E-state index contributed by atoms with van der Waals surface area (Å²) in [6.07, 6.45) is 2.19. The van der Waals surface area contributed by atoms with Crippen molar-refractivity contribution in [3.05, 3.63) is 77.6 Å². The first-order valence-electron chi connectivity index (χ1n) is 9.67. The Morgan fingerprint density at radius 1 is 1.16 bits per heavy atom. The van der Waals surface area contributed by atoms with E-state index in [4.69, 9.17) is 9.94 Å². The molecule has 0 aliphatic carbocycles. The molecule has 166 valence electrons. The topological polar surface area (TPSA) is 108 Å². The quantitative estimate of drug-likeness (QED) is 0.400. The molecule has 3 rings (SSSR count). The number of ether oxygens (including phenoxy) is 1. The van der Waals surface area contributed by atoms with Gasteiger partial charge in [-0.3, -0.25) is 10.0 Å². The molecule has 0 fully saturated rings. The molecule has 8 nitrogen and oxygen atoms in total. The summed E-state index contributed by atoms with van der Waals surface area (Å²) in [5.74, 6) is -1.26. The number of rotatable bonds is 9. The molecule has 31 heavy (non-hydrogen) atoms. The first-order valence-corrected chi connectivity index (χ1v) is 11.1. The van der Waals surface area contributed by atoms with Crippen molar-refractivity contribution in [2.75, 3.05) is 19.7 Å². The SMILES string of the molecule is O=C(NO)C(COCc1ccccc1)NS(=O)(=O)N1CC=C(c2ccc(F)cc2)CC1. The van der Waals surface area contributed by atoms with Crippen LogP contribution in [0.2, 0.25) is 0 Å². The van der Waals surface area contributed by atoms with Crippen LogP contribution in [0.5, 0.6) is 0 Å². The second-order valence-corrected chi connectivity index (χ2v) is 8.70. The van der Waals surface area contributed by atoms with Gasteiger partial charge in [-0.15, -0.1) is 0 Å². The van der Waals surface area contributed by atoms with Crippen molar-refractivity contribution in [2.45, 2.75) is 19.1 Å². The van der Waals surface area contributed by atoms with E-state index in [-0.39, 0.29) is 32.1 Å². The summed E-state index contributed by atoms with van der Waals surface area (Å²) in [4.78, 5) is 12.0. The lowest BCUT2D eigenvalue weighted by Gasteiger charge is -2.28. The number of amides is 1. The summed E-state index contributed by atoms with van der Waals surface area (Å²) in [6, 6.07) is 13.9. The molecule has 1 atom stereocenters. The Hall–Kier alpha value is -2.63. The monoisotopic (exact) mass is 449 g/mol. The van der Waals surface area contributed by atoms with Gasteiger partial charge in [-0.25, -0.2) is 9.87 Å². The lowest BCUT2D eigenvalue weighted by Crippen LogP contribution is -2.53. The summed E-state index contributed by atoms with van der Waals surface area (Å²) in [5, 5.41) is 8.97. The number of hydrogen-bond acceptors (Lipinski definition) is 5. The number of halogens is 1. The van der Waals surface area contributed by atoms with Crippen molar-refractivity contribution in [2.24, 2.45) is 0 Å². The standard InChI is InChI=1S/C21H24FN3O5S/c22-19-8-6-17(7-9-19)18-10-12-25(13-11-18)31(28,29)24-20(21(26)23-27)15-30-14-16-4-2-1-3-5-16/h1-10,20,24,27H,11-15H2,(H,23,26). The fraction of sp³-hybridized carbons (Fsp3) is 0.286. The van der Waals surface area contributed by atoms with Crippen LogP contribution in [0.4, 0.5) is 4.39 Å². The number of benzene rings is 2. The van der Waals surface area contributed by atoms with E-state index in [9.17, 15) is 17.6 Å². The van der Waals surface area contributed by atoms with Crippen LogP contribution in [-0.2, 0) is 26.3 Å². The van der Waals surface area contributed by atoms with E-state index in [1.807, 2.05) is 30.3 Å². The highest BCUT2D eigenvalue weighted by molar-refractivity contribution is 7.87. The fourth-order valence-electron chi connectivity index (χ4n) is 3.16. The molecule has 2 aromatic rings. The molecule has 1 heterocycles. The minimum Gasteiger partial charge on any atom is -0.375 e. The lowest BCUT2D eigenvalue weighted by molar-refractivity contribution is -0.132. The number of nitrogens with one attached hydrogen (secondary N) is 2. The Kier molecular flexibility index (Phi) is 7.88. The van der Waals surface area contributed by atoms with Crippen molar-refractivity contribution in [3.63, 3.8) is 0 Å². The van der Waals surface area contributed by atoms with E-state index in [2.05, 4.69) is 4.72 Å². The summed E-state index contributed by atoms with van der Waals surface area (Å²) in [6.45, 7) is 0.216. The largest absolute Gasteiger partial charge is 0.375 e. The van der Waals surface area contributed by atoms with Gasteiger partial charge in [0.15, 0.2) is 0 Å². The minimum absolute atomic E-state index is 0.0976. The van der Waals surface area contributed by atoms with Crippen LogP contribution in [0.3, 0.4) is 0 Å². The number of carbonyl (C=O) groups excluding carboxylic acids is 1. The average molecular weight is 450 g/mol. The number of hydrogen-bond donors (Lipinski definition) is 3. The van der Waals surface area contributed by atoms with Gasteiger partial charge in [0, 0.05) is 13.1 Å². The van der Waals surface area contributed by atoms with Crippen LogP contribution in [0.15, 0.2) is 60.7 Å². The van der Waals surface area contributed by atoms with E-state index >= 15 is 0 Å². The fourth-order valence-corrected chi connectivity index (χ4v) is 4.45. The van der Waals surface area contributed by atoms with E-state index in [1.165, 1.54) is 21.9 Å². The Bertz CT molecular complexity index is 1010. The molecule has 1 amide bonds. The van der Waals surface area contributed by atoms with Gasteiger partial charge in [0.2, 0.25) is 0 Å². The Balaban J connectivity index is 1.61. The van der Waals surface area contributed by atoms with Crippen molar-refractivity contribution in [1.29, 1.82) is 0 Å². The first-order chi connectivity index (χ1) is 14.9. The minimum atomic E-state index is -4.02. The van der Waals surface area contributed by atoms with Gasteiger partial charge in [-0.2, -0.15) is 17.4 Å². The molecule has 10 heteroatoms. The second kappa shape index (κ2) is 10.6. The van der Waals surface area contributed by atoms with E-state index in [0.717, 1.165) is 16.7 Å². The molecule has 0 radical (unpaired) electrons. The maximum Gasteiger partial charge on any atom is 0.280 e. The van der Waals surface area contributed by atoms with Crippen molar-refractivity contribution < 1.29 is 27.5 Å². The van der Waals surface area contributed by atoms with Gasteiger partial charge in [-0.1, -0.05) is 48.5 Å². The predicted molar refractivity (Wildman–Crippen MR) is 112 cm³/mol. The molecule has 0 aromatic heterocycles. The van der Waals surface area contributed by atoms with Crippen LogP contribution >= 0.6 is 0 Å². The van der Waals surface area contributed by atoms with E-state index in [1.54, 1.807) is 18.2 Å². The van der Waals surface area contributed by atoms with Gasteiger partial charge in [0.25, 0.3) is 16.1 Å². The lowest BCUT2D eigenvalue weighted by atomic mass is 10.0. The average Bonchev–Trinajstić information content (AvgIpc) is 2.79. The van der Waals surface area contributed by atoms with Gasteiger partial charge in [0.1, 0.15) is 11.9 Å². The van der Waals surface area contributed by atoms with E-state index in [0.29, 0.717) is 6.42 Å². The second-order valence-electron chi connectivity index (χ2n) is 7.00. The zero-order chi connectivity index (χ0) is 22.3. The third-order valence-corrected chi connectivity index (χ3v) is 6.43. The van der Waals surface area contributed by atoms with Crippen LogP contribution < -0.4 is 10.2 Å². The number of carbonyl (C=O) groups is 1. The first kappa shape index (κ1) is 23.0. The summed E-state index contributed by atoms with van der Waals surface area (Å²) >= 11 is 0. The summed E-state index contributed by atoms with van der Waals surface area (Å²) in [7, 11) is -4.02. The van der Waals surface area contributed by atoms with Gasteiger partial charge < -0.3 is 4.74 Å². The molecule has 1 aliphatic heterocycles. The Morgan fingerprint density at radius 2 is 1.87 bits per heavy atom. The van der Waals surface area contributed by atoms with Gasteiger partial charge in [0.05, 0.1) is 13.2 Å². The molecule has 1 aliphatic rings. The maximum absolute atomic E-state index is 13.1. The normalized spacial score (nSPS) is 15.9. The molecule has 2 aromatic carbocycles. The van der Waals surface area contributed by atoms with Gasteiger partial charge >= 0.3 is 0 Å². The van der Waals surface area contributed by atoms with Crippen LogP contribution in [-0.4, -0.2) is 49.6 Å². The predicted octanol–water partition coefficient (Wildman–Crippen LogP) is 1.84. The number of nitrogens with zero attached hydrogens (tertiary/aromatic N) is 1. The molecular formula is C21H24FN3O5S. The smallest absolute Gasteiger partial charge is 0.280 e. The molecule has 0 spiro atoms. The molecular weight excluding hydrogens is 425 g/mol. The third kappa shape index (κ3) is 6.42. The highest BCUT2D eigenvalue weighted by Crippen LogP contribution is 2.23. The van der Waals surface area contributed by atoms with Gasteiger partial charge in [-0.05, 0) is 35.3 Å². The number of hydroxylamine groups is 1. The Morgan fingerprint density at radius 3 is 2.48 bits per heavy atom. The zero-order valence-corrected chi connectivity index (χ0v) is 17.5. The van der Waals surface area contributed by atoms with Crippen LogP contribution in [0, 0.1) is 5.82 Å². The highest BCUT2D eigenvalue weighted by Gasteiger charge is 2.30. The molecule has 1 unspecified atom stereocenters. The van der Waals surface area contributed by atoms with Crippen LogP contribution in [0.1, 0.15) is 17.5 Å². The summed E-state index contributed by atoms with van der Waals surface area (Å²) in [5.41, 5.74) is 4.08. The highest BCUT2D eigenvalue weighted by atomic mass is 32.2. The summed E-state index contributed by atoms with van der Waals surface area (Å²) < 4.78 is 47.5. The third-order valence-electron chi connectivity index (χ3n) is 4.84. The molecule has 0 saturated carbocycles. The maximum atomic E-state index is 13.1. The molecule has 0 saturated heterocycles.